The molecule has 3 heterocycles. The Balaban J connectivity index is 1.49. The van der Waals surface area contributed by atoms with Crippen LogP contribution in [0.25, 0.3) is 0 Å². The molecule has 2 bridgehead atoms. The Hall–Kier alpha value is -1.93. The third-order valence-electron chi connectivity index (χ3n) is 4.99. The van der Waals surface area contributed by atoms with Crippen LogP contribution in [0.5, 0.6) is 5.88 Å². The summed E-state index contributed by atoms with van der Waals surface area (Å²) in [5, 5.41) is 16.5. The highest BCUT2D eigenvalue weighted by Crippen LogP contribution is 2.31. The van der Waals surface area contributed by atoms with Crippen molar-refractivity contribution < 1.29 is 14.6 Å². The van der Waals surface area contributed by atoms with E-state index >= 15 is 0 Å². The molecule has 7 nitrogen and oxygen atoms in total. The van der Waals surface area contributed by atoms with Gasteiger partial charge >= 0.3 is 0 Å². The van der Waals surface area contributed by atoms with Gasteiger partial charge in [-0.25, -0.2) is 9.97 Å². The van der Waals surface area contributed by atoms with Crippen LogP contribution in [0.4, 0.5) is 11.5 Å². The highest BCUT2D eigenvalue weighted by atomic mass is 35.5. The molecule has 8 heteroatoms. The predicted octanol–water partition coefficient (Wildman–Crippen LogP) is 2.57. The molecule has 2 unspecified atom stereocenters. The average molecular weight is 391 g/mol. The zero-order valence-corrected chi connectivity index (χ0v) is 15.9. The summed E-state index contributed by atoms with van der Waals surface area (Å²) in [6.45, 7) is 3.34. The number of aliphatic hydroxyl groups excluding tert-OH is 1. The molecule has 2 atom stereocenters. The molecule has 2 saturated heterocycles. The lowest BCUT2D eigenvalue weighted by atomic mass is 9.95. The number of nitrogens with one attached hydrogen (secondary N) is 2. The van der Waals surface area contributed by atoms with E-state index in [0.29, 0.717) is 28.8 Å². The van der Waals surface area contributed by atoms with E-state index in [4.69, 9.17) is 21.1 Å². The van der Waals surface area contributed by atoms with E-state index in [-0.39, 0.29) is 12.7 Å². The first kappa shape index (κ1) is 18.4. The second-order valence-corrected chi connectivity index (χ2v) is 7.47. The monoisotopic (exact) mass is 390 g/mol. The van der Waals surface area contributed by atoms with Crippen molar-refractivity contribution in [2.24, 2.45) is 0 Å². The van der Waals surface area contributed by atoms with Gasteiger partial charge in [-0.1, -0.05) is 17.7 Å². The summed E-state index contributed by atoms with van der Waals surface area (Å²) in [5.41, 5.74) is 2.31. The van der Waals surface area contributed by atoms with Gasteiger partial charge < -0.3 is 25.2 Å². The lowest BCUT2D eigenvalue weighted by Gasteiger charge is -2.39. The van der Waals surface area contributed by atoms with E-state index < -0.39 is 0 Å². The summed E-state index contributed by atoms with van der Waals surface area (Å²) in [5.74, 6) is 1.23. The normalized spacial score (nSPS) is 24.5. The molecule has 2 aliphatic rings. The van der Waals surface area contributed by atoms with Gasteiger partial charge in [-0.3, -0.25) is 0 Å². The Labute approximate surface area is 163 Å². The largest absolute Gasteiger partial charge is 0.474 e. The molecule has 1 aromatic heterocycles. The van der Waals surface area contributed by atoms with Gasteiger partial charge in [0.1, 0.15) is 18.2 Å². The zero-order valence-electron chi connectivity index (χ0n) is 15.1. The lowest BCUT2D eigenvalue weighted by Crippen LogP contribution is -2.56. The lowest BCUT2D eigenvalue weighted by molar-refractivity contribution is -0.0134. The summed E-state index contributed by atoms with van der Waals surface area (Å²) in [4.78, 5) is 8.65. The first-order chi connectivity index (χ1) is 13.1. The van der Waals surface area contributed by atoms with Crippen molar-refractivity contribution in [3.8, 4) is 5.88 Å². The van der Waals surface area contributed by atoms with E-state index in [1.807, 2.05) is 19.1 Å². The molecule has 0 amide bonds. The molecule has 0 radical (unpaired) electrons. The minimum Gasteiger partial charge on any atom is -0.474 e. The minimum absolute atomic E-state index is 0.0478. The summed E-state index contributed by atoms with van der Waals surface area (Å²) >= 11 is 6.29. The fourth-order valence-corrected chi connectivity index (χ4v) is 3.85. The smallest absolute Gasteiger partial charge is 0.221 e. The van der Waals surface area contributed by atoms with Crippen molar-refractivity contribution in [2.45, 2.75) is 44.6 Å². The Morgan fingerprint density at radius 3 is 2.78 bits per heavy atom. The van der Waals surface area contributed by atoms with Crippen LogP contribution in [0.1, 0.15) is 24.0 Å². The number of fused-ring (bicyclic) bond motifs is 2. The Morgan fingerprint density at radius 2 is 2.07 bits per heavy atom. The third-order valence-corrected chi connectivity index (χ3v) is 5.30. The van der Waals surface area contributed by atoms with Crippen LogP contribution in [0.2, 0.25) is 5.02 Å². The fraction of sp³-hybridized carbons (Fsp3) is 0.474. The van der Waals surface area contributed by atoms with Gasteiger partial charge in [-0.2, -0.15) is 0 Å². The molecule has 144 valence electrons. The van der Waals surface area contributed by atoms with Crippen molar-refractivity contribution in [3.05, 3.63) is 40.7 Å². The predicted molar refractivity (Wildman–Crippen MR) is 103 cm³/mol. The average Bonchev–Trinajstić information content (AvgIpc) is 2.66. The first-order valence-corrected chi connectivity index (χ1v) is 9.48. The van der Waals surface area contributed by atoms with Gasteiger partial charge in [-0.05, 0) is 24.6 Å². The van der Waals surface area contributed by atoms with E-state index in [1.165, 1.54) is 6.33 Å². The van der Waals surface area contributed by atoms with Crippen LogP contribution >= 0.6 is 11.6 Å². The van der Waals surface area contributed by atoms with Crippen molar-refractivity contribution in [2.75, 3.05) is 18.5 Å². The van der Waals surface area contributed by atoms with Gasteiger partial charge in [0.05, 0.1) is 36.1 Å². The Kier molecular flexibility index (Phi) is 5.45. The Bertz CT molecular complexity index is 808. The van der Waals surface area contributed by atoms with Gasteiger partial charge in [0, 0.05) is 24.9 Å². The number of hydrogen-bond acceptors (Lipinski definition) is 7. The van der Waals surface area contributed by atoms with Gasteiger partial charge in [-0.15, -0.1) is 0 Å². The number of nitrogens with zero attached hydrogens (tertiary/aromatic N) is 2. The van der Waals surface area contributed by atoms with Gasteiger partial charge in [0.15, 0.2) is 0 Å². The van der Waals surface area contributed by atoms with Crippen LogP contribution in [0.3, 0.4) is 0 Å². The number of rotatable bonds is 5. The quantitative estimate of drug-likeness (QED) is 0.723. The molecule has 3 N–H and O–H groups in total. The number of aliphatic hydroxyl groups is 1. The van der Waals surface area contributed by atoms with E-state index in [9.17, 15) is 5.11 Å². The number of aromatic nitrogens is 2. The molecule has 0 spiro atoms. The molecule has 1 aromatic carbocycles. The molecular formula is C19H23ClN4O3. The van der Waals surface area contributed by atoms with Crippen LogP contribution in [0.15, 0.2) is 24.5 Å². The van der Waals surface area contributed by atoms with Crippen molar-refractivity contribution >= 4 is 23.1 Å². The number of piperidine rings is 1. The number of anilines is 2. The third kappa shape index (κ3) is 4.16. The maximum atomic E-state index is 9.21. The fourth-order valence-electron chi connectivity index (χ4n) is 3.60. The van der Waals surface area contributed by atoms with Crippen molar-refractivity contribution in [3.63, 3.8) is 0 Å². The SMILES string of the molecule is Cc1c(Nc2ccc(CO)cc2Cl)ncnc1OC1CC2COCC(C1)N2. The van der Waals surface area contributed by atoms with Crippen molar-refractivity contribution in [1.29, 1.82) is 0 Å². The zero-order chi connectivity index (χ0) is 18.8. The van der Waals surface area contributed by atoms with Crippen LogP contribution in [-0.2, 0) is 11.3 Å². The highest BCUT2D eigenvalue weighted by Gasteiger charge is 2.33. The molecule has 2 aliphatic heterocycles. The minimum atomic E-state index is -0.0478. The summed E-state index contributed by atoms with van der Waals surface area (Å²) < 4.78 is 11.8. The van der Waals surface area contributed by atoms with E-state index in [0.717, 1.165) is 42.9 Å². The van der Waals surface area contributed by atoms with Crippen LogP contribution < -0.4 is 15.4 Å². The number of morpholine rings is 1. The standard InChI is InChI=1S/C19H23ClN4O3/c1-11-18(24-17-3-2-12(7-25)4-16(17)20)21-10-22-19(11)27-15-5-13-8-26-9-14(6-15)23-13/h2-4,10,13-15,23,25H,5-9H2,1H3,(H,21,22,24). The molecule has 0 saturated carbocycles. The molecule has 27 heavy (non-hydrogen) atoms. The van der Waals surface area contributed by atoms with E-state index in [1.54, 1.807) is 6.07 Å². The van der Waals surface area contributed by atoms with Crippen LogP contribution in [0, 0.1) is 6.92 Å². The number of hydrogen-bond donors (Lipinski definition) is 3. The molecule has 4 rings (SSSR count). The summed E-state index contributed by atoms with van der Waals surface area (Å²) in [6.07, 6.45) is 3.40. The van der Waals surface area contributed by atoms with Crippen LogP contribution in [-0.4, -0.2) is 46.5 Å². The second-order valence-electron chi connectivity index (χ2n) is 7.06. The highest BCUT2D eigenvalue weighted by molar-refractivity contribution is 6.33. The van der Waals surface area contributed by atoms with Crippen molar-refractivity contribution in [1.82, 2.24) is 15.3 Å². The maximum Gasteiger partial charge on any atom is 0.221 e. The van der Waals surface area contributed by atoms with E-state index in [2.05, 4.69) is 20.6 Å². The Morgan fingerprint density at radius 1 is 1.30 bits per heavy atom. The first-order valence-electron chi connectivity index (χ1n) is 9.10. The topological polar surface area (TPSA) is 88.5 Å². The molecule has 2 aromatic rings. The molecule has 2 fully saturated rings. The summed E-state index contributed by atoms with van der Waals surface area (Å²) in [7, 11) is 0. The number of benzene rings is 1. The summed E-state index contributed by atoms with van der Waals surface area (Å²) in [6, 6.07) is 6.05. The number of ether oxygens (including phenoxy) is 2. The van der Waals surface area contributed by atoms with Gasteiger partial charge in [0.25, 0.3) is 0 Å². The molecular weight excluding hydrogens is 368 g/mol. The number of halogens is 1. The molecule has 0 aliphatic carbocycles. The maximum absolute atomic E-state index is 9.21. The second kappa shape index (κ2) is 7.98. The van der Waals surface area contributed by atoms with Gasteiger partial charge in [0.2, 0.25) is 5.88 Å².